The molecule has 0 unspecified atom stereocenters. The molecule has 2 aromatic rings. The third-order valence-corrected chi connectivity index (χ3v) is 2.51. The first-order valence-electron chi connectivity index (χ1n) is 4.24. The largest absolute Gasteiger partial charge is 0.381 e. The van der Waals surface area contributed by atoms with Crippen molar-refractivity contribution in [3.05, 3.63) is 40.2 Å². The molecule has 0 amide bonds. The molecule has 0 aliphatic heterocycles. The van der Waals surface area contributed by atoms with Crippen LogP contribution in [0.5, 0.6) is 0 Å². The Labute approximate surface area is 94.0 Å². The Morgan fingerprint density at radius 2 is 2.27 bits per heavy atom. The molecule has 0 aliphatic carbocycles. The molecule has 0 spiro atoms. The molecular weight excluding hydrogens is 263 g/mol. The average molecular weight is 271 g/mol. The molecule has 1 heterocycles. The zero-order valence-corrected chi connectivity index (χ0v) is 9.28. The van der Waals surface area contributed by atoms with Gasteiger partial charge in [-0.25, -0.2) is 4.39 Å². The predicted octanol–water partition coefficient (Wildman–Crippen LogP) is 1.81. The van der Waals surface area contributed by atoms with Crippen molar-refractivity contribution < 1.29 is 4.39 Å². The number of benzene rings is 1. The van der Waals surface area contributed by atoms with Gasteiger partial charge in [0.25, 0.3) is 0 Å². The van der Waals surface area contributed by atoms with Gasteiger partial charge in [-0.05, 0) is 33.6 Å². The van der Waals surface area contributed by atoms with Crippen molar-refractivity contribution in [3.8, 4) is 0 Å². The summed E-state index contributed by atoms with van der Waals surface area (Å²) in [7, 11) is 0. The molecular formula is C9H8BrFN4. The number of nitrogens with zero attached hydrogens (tertiary/aromatic N) is 3. The highest BCUT2D eigenvalue weighted by molar-refractivity contribution is 9.10. The second-order valence-corrected chi connectivity index (χ2v) is 3.90. The molecule has 0 fully saturated rings. The van der Waals surface area contributed by atoms with E-state index in [2.05, 4.69) is 26.1 Å². The molecule has 4 nitrogen and oxygen atoms in total. The first-order valence-corrected chi connectivity index (χ1v) is 5.04. The molecule has 15 heavy (non-hydrogen) atoms. The Bertz CT molecular complexity index is 483. The summed E-state index contributed by atoms with van der Waals surface area (Å²) in [6, 6.07) is 4.88. The third-order valence-electron chi connectivity index (χ3n) is 1.86. The maximum Gasteiger partial charge on any atom is 0.165 e. The van der Waals surface area contributed by atoms with Crippen LogP contribution >= 0.6 is 15.9 Å². The van der Waals surface area contributed by atoms with Crippen molar-refractivity contribution in [2.45, 2.75) is 6.54 Å². The maximum absolute atomic E-state index is 13.2. The van der Waals surface area contributed by atoms with Gasteiger partial charge in [0.15, 0.2) is 5.82 Å². The Hall–Kier alpha value is -1.43. The lowest BCUT2D eigenvalue weighted by Gasteiger charge is -2.01. The van der Waals surface area contributed by atoms with Gasteiger partial charge in [0, 0.05) is 0 Å². The van der Waals surface area contributed by atoms with Gasteiger partial charge in [0.2, 0.25) is 0 Å². The summed E-state index contributed by atoms with van der Waals surface area (Å²) in [5, 5.41) is 7.82. The number of hydrogen-bond donors (Lipinski definition) is 1. The van der Waals surface area contributed by atoms with Gasteiger partial charge in [-0.15, -0.1) is 5.10 Å². The Morgan fingerprint density at radius 1 is 1.47 bits per heavy atom. The van der Waals surface area contributed by atoms with Crippen LogP contribution in [0.1, 0.15) is 5.56 Å². The lowest BCUT2D eigenvalue weighted by atomic mass is 10.2. The van der Waals surface area contributed by atoms with Crippen LogP contribution in [0.2, 0.25) is 0 Å². The highest BCUT2D eigenvalue weighted by atomic mass is 79.9. The van der Waals surface area contributed by atoms with Crippen molar-refractivity contribution >= 4 is 21.7 Å². The van der Waals surface area contributed by atoms with E-state index in [1.807, 2.05) is 0 Å². The first-order chi connectivity index (χ1) is 7.15. The lowest BCUT2D eigenvalue weighted by Crippen LogP contribution is -2.04. The minimum absolute atomic E-state index is 0.298. The van der Waals surface area contributed by atoms with Gasteiger partial charge in [0.1, 0.15) is 5.82 Å². The van der Waals surface area contributed by atoms with E-state index < -0.39 is 0 Å². The van der Waals surface area contributed by atoms with Gasteiger partial charge in [0.05, 0.1) is 17.2 Å². The van der Waals surface area contributed by atoms with E-state index in [0.717, 1.165) is 5.56 Å². The molecule has 0 aliphatic rings. The molecule has 0 saturated heterocycles. The number of nitrogen functional groups attached to an aromatic ring is 1. The Kier molecular flexibility index (Phi) is 2.68. The number of halogens is 2. The summed E-state index contributed by atoms with van der Waals surface area (Å²) in [4.78, 5) is 1.41. The Morgan fingerprint density at radius 3 is 2.87 bits per heavy atom. The zero-order chi connectivity index (χ0) is 10.8. The number of hydrogen-bond acceptors (Lipinski definition) is 3. The molecule has 1 aromatic carbocycles. The third kappa shape index (κ3) is 2.33. The SMILES string of the molecule is Nc1cnn(Cc2ccc(Br)c(F)c2)n1. The van der Waals surface area contributed by atoms with Crippen molar-refractivity contribution in [3.63, 3.8) is 0 Å². The minimum atomic E-state index is -0.298. The molecule has 1 aromatic heterocycles. The van der Waals surface area contributed by atoms with Crippen LogP contribution in [-0.4, -0.2) is 15.0 Å². The molecule has 0 bridgehead atoms. The summed E-state index contributed by atoms with van der Waals surface area (Å²) < 4.78 is 13.6. The fraction of sp³-hybridized carbons (Fsp3) is 0.111. The highest BCUT2D eigenvalue weighted by Gasteiger charge is 2.02. The summed E-state index contributed by atoms with van der Waals surface area (Å²) in [6.45, 7) is 0.404. The smallest absolute Gasteiger partial charge is 0.165 e. The molecule has 2 N–H and O–H groups in total. The van der Waals surface area contributed by atoms with E-state index in [4.69, 9.17) is 5.73 Å². The van der Waals surface area contributed by atoms with E-state index in [9.17, 15) is 4.39 Å². The predicted molar refractivity (Wildman–Crippen MR) is 57.6 cm³/mol. The second-order valence-electron chi connectivity index (χ2n) is 3.05. The highest BCUT2D eigenvalue weighted by Crippen LogP contribution is 2.16. The van der Waals surface area contributed by atoms with Crippen LogP contribution in [0, 0.1) is 5.82 Å². The van der Waals surface area contributed by atoms with Crippen LogP contribution < -0.4 is 5.73 Å². The average Bonchev–Trinajstić information content (AvgIpc) is 2.58. The summed E-state index contributed by atoms with van der Waals surface area (Å²) in [5.74, 6) is 0.0558. The van der Waals surface area contributed by atoms with E-state index in [0.29, 0.717) is 16.8 Å². The van der Waals surface area contributed by atoms with Crippen LogP contribution in [-0.2, 0) is 6.54 Å². The monoisotopic (exact) mass is 270 g/mol. The fourth-order valence-corrected chi connectivity index (χ4v) is 1.43. The molecule has 0 saturated carbocycles. The second kappa shape index (κ2) is 3.98. The summed E-state index contributed by atoms with van der Waals surface area (Å²) in [5.41, 5.74) is 6.19. The Balaban J connectivity index is 2.21. The van der Waals surface area contributed by atoms with E-state index in [1.165, 1.54) is 17.1 Å². The van der Waals surface area contributed by atoms with Crippen LogP contribution in [0.4, 0.5) is 10.2 Å². The molecule has 6 heteroatoms. The van der Waals surface area contributed by atoms with Crippen molar-refractivity contribution in [2.75, 3.05) is 5.73 Å². The van der Waals surface area contributed by atoms with E-state index >= 15 is 0 Å². The normalized spacial score (nSPS) is 10.5. The fourth-order valence-electron chi connectivity index (χ4n) is 1.19. The van der Waals surface area contributed by atoms with Gasteiger partial charge < -0.3 is 5.73 Å². The molecule has 0 radical (unpaired) electrons. The zero-order valence-electron chi connectivity index (χ0n) is 7.69. The summed E-state index contributed by atoms with van der Waals surface area (Å²) in [6.07, 6.45) is 1.45. The number of aromatic nitrogens is 3. The van der Waals surface area contributed by atoms with Crippen LogP contribution in [0.3, 0.4) is 0 Å². The number of rotatable bonds is 2. The topological polar surface area (TPSA) is 56.7 Å². The first kappa shape index (κ1) is 10.1. The lowest BCUT2D eigenvalue weighted by molar-refractivity contribution is 0.582. The quantitative estimate of drug-likeness (QED) is 0.906. The van der Waals surface area contributed by atoms with Crippen molar-refractivity contribution in [2.24, 2.45) is 0 Å². The van der Waals surface area contributed by atoms with E-state index in [1.54, 1.807) is 12.1 Å². The van der Waals surface area contributed by atoms with Crippen molar-refractivity contribution in [1.29, 1.82) is 0 Å². The van der Waals surface area contributed by atoms with Gasteiger partial charge in [-0.3, -0.25) is 0 Å². The van der Waals surface area contributed by atoms with Gasteiger partial charge in [-0.1, -0.05) is 6.07 Å². The van der Waals surface area contributed by atoms with Crippen LogP contribution in [0.15, 0.2) is 28.9 Å². The number of nitrogens with two attached hydrogens (primary N) is 1. The van der Waals surface area contributed by atoms with E-state index in [-0.39, 0.29) is 5.82 Å². The van der Waals surface area contributed by atoms with Crippen LogP contribution in [0.25, 0.3) is 0 Å². The molecule has 78 valence electrons. The summed E-state index contributed by atoms with van der Waals surface area (Å²) >= 11 is 3.09. The number of anilines is 1. The van der Waals surface area contributed by atoms with Crippen molar-refractivity contribution in [1.82, 2.24) is 15.0 Å². The molecule has 0 atom stereocenters. The van der Waals surface area contributed by atoms with Gasteiger partial charge >= 0.3 is 0 Å². The van der Waals surface area contributed by atoms with Gasteiger partial charge in [-0.2, -0.15) is 9.90 Å². The standard InChI is InChI=1S/C9H8BrFN4/c10-7-2-1-6(3-8(7)11)5-15-13-4-9(12)14-15/h1-4H,5H2,(H2,12,14). The maximum atomic E-state index is 13.2. The minimum Gasteiger partial charge on any atom is -0.381 e. The molecule has 2 rings (SSSR count).